The summed E-state index contributed by atoms with van der Waals surface area (Å²) in [6.45, 7) is 7.17. The van der Waals surface area contributed by atoms with E-state index in [0.717, 1.165) is 24.1 Å². The Morgan fingerprint density at radius 2 is 1.86 bits per heavy atom. The van der Waals surface area contributed by atoms with E-state index in [-0.39, 0.29) is 29.2 Å². The maximum absolute atomic E-state index is 12.8. The van der Waals surface area contributed by atoms with Gasteiger partial charge < -0.3 is 16.2 Å². The molecule has 29 heavy (non-hydrogen) atoms. The van der Waals surface area contributed by atoms with Gasteiger partial charge in [-0.05, 0) is 53.5 Å². The standard InChI is InChI=1S/C24H31N3O2/c1-23(2,3)17-5-4-6-18(14-17)24(11-12-24)27-15-21(29-22(27)28)20(26)13-16-7-9-19(25)10-8-16/h4-10,14,20-21H,11-13,15,25-26H2,1-3H3/t20-,21?/m0/s1. The predicted molar refractivity (Wildman–Crippen MR) is 116 cm³/mol. The Hall–Kier alpha value is -2.53. The highest BCUT2D eigenvalue weighted by molar-refractivity contribution is 5.72. The Morgan fingerprint density at radius 1 is 1.17 bits per heavy atom. The Labute approximate surface area is 173 Å². The number of cyclic esters (lactones) is 1. The Bertz CT molecular complexity index is 897. The number of hydrogen-bond acceptors (Lipinski definition) is 4. The number of nitrogen functional groups attached to an aromatic ring is 1. The Kier molecular flexibility index (Phi) is 4.82. The second-order valence-corrected chi connectivity index (χ2v) is 9.50. The fraction of sp³-hybridized carbons (Fsp3) is 0.458. The molecular weight excluding hydrogens is 362 g/mol. The van der Waals surface area contributed by atoms with Crippen LogP contribution in [0.4, 0.5) is 10.5 Å². The highest BCUT2D eigenvalue weighted by atomic mass is 16.6. The van der Waals surface area contributed by atoms with E-state index in [9.17, 15) is 4.79 Å². The van der Waals surface area contributed by atoms with Crippen molar-refractivity contribution < 1.29 is 9.53 Å². The van der Waals surface area contributed by atoms with Gasteiger partial charge in [-0.25, -0.2) is 4.79 Å². The number of rotatable bonds is 5. The van der Waals surface area contributed by atoms with Crippen LogP contribution in [0.2, 0.25) is 0 Å². The maximum Gasteiger partial charge on any atom is 0.411 e. The topological polar surface area (TPSA) is 81.6 Å². The van der Waals surface area contributed by atoms with Gasteiger partial charge in [0, 0.05) is 11.7 Å². The van der Waals surface area contributed by atoms with Crippen molar-refractivity contribution in [2.45, 2.75) is 63.1 Å². The number of ether oxygens (including phenoxy) is 1. The van der Waals surface area contributed by atoms with Crippen LogP contribution in [0.5, 0.6) is 0 Å². The molecule has 1 aliphatic carbocycles. The van der Waals surface area contributed by atoms with Crippen molar-refractivity contribution in [1.29, 1.82) is 0 Å². The van der Waals surface area contributed by atoms with E-state index in [4.69, 9.17) is 16.2 Å². The zero-order valence-electron chi connectivity index (χ0n) is 17.5. The van der Waals surface area contributed by atoms with Crippen LogP contribution >= 0.6 is 0 Å². The van der Waals surface area contributed by atoms with Crippen molar-refractivity contribution >= 4 is 11.8 Å². The average Bonchev–Trinajstić information content (AvgIpc) is 3.39. The van der Waals surface area contributed by atoms with Crippen LogP contribution in [0.1, 0.15) is 50.3 Å². The summed E-state index contributed by atoms with van der Waals surface area (Å²) in [5.74, 6) is 0. The molecule has 0 radical (unpaired) electrons. The van der Waals surface area contributed by atoms with Gasteiger partial charge >= 0.3 is 6.09 Å². The first-order chi connectivity index (χ1) is 13.7. The normalized spacial score (nSPS) is 21.7. The van der Waals surface area contributed by atoms with Gasteiger partial charge in [-0.3, -0.25) is 4.90 Å². The smallest absolute Gasteiger partial charge is 0.411 e. The molecule has 2 aromatic rings. The Balaban J connectivity index is 1.50. The number of hydrogen-bond donors (Lipinski definition) is 2. The molecule has 2 fully saturated rings. The first-order valence-electron chi connectivity index (χ1n) is 10.4. The number of nitrogens with zero attached hydrogens (tertiary/aromatic N) is 1. The van der Waals surface area contributed by atoms with Crippen LogP contribution in [0.25, 0.3) is 0 Å². The second-order valence-electron chi connectivity index (χ2n) is 9.50. The van der Waals surface area contributed by atoms with Crippen LogP contribution in [0.3, 0.4) is 0 Å². The lowest BCUT2D eigenvalue weighted by molar-refractivity contribution is 0.116. The van der Waals surface area contributed by atoms with Gasteiger partial charge in [0.15, 0.2) is 0 Å². The van der Waals surface area contributed by atoms with Gasteiger partial charge in [0.1, 0.15) is 6.10 Å². The third kappa shape index (κ3) is 3.84. The van der Waals surface area contributed by atoms with Crippen LogP contribution in [-0.2, 0) is 22.1 Å². The van der Waals surface area contributed by atoms with Gasteiger partial charge in [-0.1, -0.05) is 57.2 Å². The number of carbonyl (C=O) groups excluding carboxylic acids is 1. The summed E-state index contributed by atoms with van der Waals surface area (Å²) in [5.41, 5.74) is 16.3. The first kappa shape index (κ1) is 19.8. The molecule has 5 heteroatoms. The van der Waals surface area contributed by atoms with Gasteiger partial charge in [0.2, 0.25) is 0 Å². The van der Waals surface area contributed by atoms with Crippen LogP contribution < -0.4 is 11.5 Å². The fourth-order valence-corrected chi connectivity index (χ4v) is 4.22. The first-order valence-corrected chi connectivity index (χ1v) is 10.4. The molecule has 2 atom stereocenters. The molecule has 1 amide bonds. The molecule has 1 unspecified atom stereocenters. The van der Waals surface area contributed by atoms with E-state index in [0.29, 0.717) is 13.0 Å². The lowest BCUT2D eigenvalue weighted by Gasteiger charge is -2.28. The summed E-state index contributed by atoms with van der Waals surface area (Å²) in [7, 11) is 0. The van der Waals surface area contributed by atoms with Crippen molar-refractivity contribution in [2.24, 2.45) is 5.73 Å². The predicted octanol–water partition coefficient (Wildman–Crippen LogP) is 3.95. The molecular formula is C24H31N3O2. The highest BCUT2D eigenvalue weighted by Gasteiger charge is 2.56. The van der Waals surface area contributed by atoms with E-state index in [1.165, 1.54) is 11.1 Å². The van der Waals surface area contributed by atoms with Gasteiger partial charge in [-0.2, -0.15) is 0 Å². The zero-order chi connectivity index (χ0) is 20.8. The minimum atomic E-state index is -0.302. The van der Waals surface area contributed by atoms with Crippen LogP contribution in [0.15, 0.2) is 48.5 Å². The van der Waals surface area contributed by atoms with Crippen molar-refractivity contribution in [3.05, 3.63) is 65.2 Å². The molecule has 5 nitrogen and oxygen atoms in total. The molecule has 1 heterocycles. The molecule has 4 N–H and O–H groups in total. The van der Waals surface area contributed by atoms with Gasteiger partial charge in [0.05, 0.1) is 12.1 Å². The highest BCUT2D eigenvalue weighted by Crippen LogP contribution is 2.53. The monoisotopic (exact) mass is 393 g/mol. The summed E-state index contributed by atoms with van der Waals surface area (Å²) in [5, 5.41) is 0. The van der Waals surface area contributed by atoms with E-state index >= 15 is 0 Å². The van der Waals surface area contributed by atoms with Crippen LogP contribution in [0, 0.1) is 0 Å². The molecule has 1 aliphatic heterocycles. The molecule has 0 bridgehead atoms. The largest absolute Gasteiger partial charge is 0.443 e. The molecule has 2 aliphatic rings. The molecule has 0 spiro atoms. The summed E-state index contributed by atoms with van der Waals surface area (Å²) < 4.78 is 5.71. The molecule has 154 valence electrons. The lowest BCUT2D eigenvalue weighted by Crippen LogP contribution is -2.41. The van der Waals surface area contributed by atoms with Gasteiger partial charge in [-0.15, -0.1) is 0 Å². The second kappa shape index (κ2) is 7.06. The molecule has 1 saturated heterocycles. The zero-order valence-corrected chi connectivity index (χ0v) is 17.5. The van der Waals surface area contributed by atoms with E-state index in [1.54, 1.807) is 0 Å². The van der Waals surface area contributed by atoms with Gasteiger partial charge in [0.25, 0.3) is 0 Å². The minimum Gasteiger partial charge on any atom is -0.443 e. The van der Waals surface area contributed by atoms with Crippen molar-refractivity contribution in [1.82, 2.24) is 4.90 Å². The number of nitrogens with two attached hydrogens (primary N) is 2. The fourth-order valence-electron chi connectivity index (χ4n) is 4.22. The number of anilines is 1. The quantitative estimate of drug-likeness (QED) is 0.754. The molecule has 0 aromatic heterocycles. The van der Waals surface area contributed by atoms with E-state index in [1.807, 2.05) is 29.2 Å². The third-order valence-electron chi connectivity index (χ3n) is 6.27. The van der Waals surface area contributed by atoms with E-state index in [2.05, 4.69) is 45.0 Å². The molecule has 1 saturated carbocycles. The SMILES string of the molecule is CC(C)(C)c1cccc(C2(N3CC([C@@H](N)Cc4ccc(N)cc4)OC3=O)CC2)c1. The lowest BCUT2D eigenvalue weighted by atomic mass is 9.85. The number of carbonyl (C=O) groups is 1. The van der Waals surface area contributed by atoms with Crippen molar-refractivity contribution in [3.8, 4) is 0 Å². The van der Waals surface area contributed by atoms with Crippen molar-refractivity contribution in [3.63, 3.8) is 0 Å². The molecule has 2 aromatic carbocycles. The minimum absolute atomic E-state index is 0.0710. The summed E-state index contributed by atoms with van der Waals surface area (Å²) >= 11 is 0. The summed E-state index contributed by atoms with van der Waals surface area (Å²) in [4.78, 5) is 14.7. The summed E-state index contributed by atoms with van der Waals surface area (Å²) in [6, 6.07) is 16.1. The van der Waals surface area contributed by atoms with E-state index < -0.39 is 0 Å². The molecule has 4 rings (SSSR count). The summed E-state index contributed by atoms with van der Waals surface area (Å²) in [6.07, 6.45) is 2.04. The van der Waals surface area contributed by atoms with Crippen LogP contribution in [-0.4, -0.2) is 29.7 Å². The Morgan fingerprint density at radius 3 is 2.48 bits per heavy atom. The number of benzene rings is 2. The third-order valence-corrected chi connectivity index (χ3v) is 6.27. The average molecular weight is 394 g/mol. The number of amides is 1. The maximum atomic E-state index is 12.8. The van der Waals surface area contributed by atoms with Crippen molar-refractivity contribution in [2.75, 3.05) is 12.3 Å².